The van der Waals surface area contributed by atoms with E-state index in [1.54, 1.807) is 51.4 Å². The number of halogens is 1. The molecular formula is C34H55F. The summed E-state index contributed by atoms with van der Waals surface area (Å²) in [5.74, 6) is 6.25. The number of unbranched alkanes of at least 4 members (excludes halogenated alkanes) is 2. The van der Waals surface area contributed by atoms with Gasteiger partial charge in [-0.1, -0.05) is 82.6 Å². The minimum atomic E-state index is -0.202. The summed E-state index contributed by atoms with van der Waals surface area (Å²) in [6.07, 6.45) is 28.3. The molecule has 0 aromatic heterocycles. The van der Waals surface area contributed by atoms with Gasteiger partial charge in [-0.05, 0) is 124 Å². The van der Waals surface area contributed by atoms with Gasteiger partial charge in [-0.3, -0.25) is 4.39 Å². The van der Waals surface area contributed by atoms with E-state index in [9.17, 15) is 4.39 Å². The highest BCUT2D eigenvalue weighted by Gasteiger charge is 2.34. The van der Waals surface area contributed by atoms with Crippen LogP contribution in [0.3, 0.4) is 0 Å². The van der Waals surface area contributed by atoms with Crippen molar-refractivity contribution in [3.63, 3.8) is 0 Å². The van der Waals surface area contributed by atoms with Gasteiger partial charge < -0.3 is 0 Å². The van der Waals surface area contributed by atoms with Crippen molar-refractivity contribution in [2.75, 3.05) is 6.67 Å². The monoisotopic (exact) mass is 482 g/mol. The summed E-state index contributed by atoms with van der Waals surface area (Å²) in [6.45, 7) is 2.13. The van der Waals surface area contributed by atoms with Crippen LogP contribution in [0.5, 0.6) is 0 Å². The fourth-order valence-corrected chi connectivity index (χ4v) is 8.18. The molecule has 0 amide bonds. The average Bonchev–Trinajstić information content (AvgIpc) is 2.92. The number of hydrogen-bond acceptors (Lipinski definition) is 0. The third kappa shape index (κ3) is 8.60. The molecule has 1 heteroatoms. The maximum absolute atomic E-state index is 12.4. The summed E-state index contributed by atoms with van der Waals surface area (Å²) in [5.41, 5.74) is 2.76. The van der Waals surface area contributed by atoms with Gasteiger partial charge in [0.1, 0.15) is 0 Å². The van der Waals surface area contributed by atoms with Crippen LogP contribution in [-0.2, 0) is 12.8 Å². The van der Waals surface area contributed by atoms with Crippen LogP contribution in [0.1, 0.15) is 134 Å². The van der Waals surface area contributed by atoms with Crippen molar-refractivity contribution in [1.29, 1.82) is 0 Å². The van der Waals surface area contributed by atoms with Crippen LogP contribution in [0.15, 0.2) is 24.3 Å². The van der Waals surface area contributed by atoms with Crippen LogP contribution in [0.25, 0.3) is 0 Å². The maximum atomic E-state index is 12.4. The van der Waals surface area contributed by atoms with Gasteiger partial charge in [0.05, 0.1) is 6.67 Å². The zero-order valence-electron chi connectivity index (χ0n) is 23.0. The molecule has 4 rings (SSSR count). The summed E-state index contributed by atoms with van der Waals surface area (Å²) in [5, 5.41) is 0. The zero-order chi connectivity index (χ0) is 24.3. The highest BCUT2D eigenvalue weighted by molar-refractivity contribution is 5.22. The third-order valence-corrected chi connectivity index (χ3v) is 10.6. The Labute approximate surface area is 217 Å². The summed E-state index contributed by atoms with van der Waals surface area (Å²) in [4.78, 5) is 0. The molecule has 0 unspecified atom stereocenters. The molecule has 0 spiro atoms. The predicted molar refractivity (Wildman–Crippen MR) is 150 cm³/mol. The van der Waals surface area contributed by atoms with E-state index in [1.807, 2.05) is 0 Å². The predicted octanol–water partition coefficient (Wildman–Crippen LogP) is 10.5. The van der Waals surface area contributed by atoms with Crippen LogP contribution in [-0.4, -0.2) is 6.67 Å². The first kappa shape index (κ1) is 27.2. The maximum Gasteiger partial charge on any atom is 0.0897 e. The lowest BCUT2D eigenvalue weighted by Gasteiger charge is -2.41. The Hall–Kier alpha value is -0.850. The zero-order valence-corrected chi connectivity index (χ0v) is 23.0. The molecular weight excluding hydrogens is 427 g/mol. The molecule has 0 aliphatic heterocycles. The molecule has 0 bridgehead atoms. The van der Waals surface area contributed by atoms with Gasteiger partial charge in [0.2, 0.25) is 0 Å². The Balaban J connectivity index is 1.09. The van der Waals surface area contributed by atoms with Gasteiger partial charge in [0.25, 0.3) is 0 Å². The Morgan fingerprint density at radius 1 is 0.543 bits per heavy atom. The third-order valence-electron chi connectivity index (χ3n) is 10.6. The standard InChI is InChI=1S/C34H55F/c1-2-3-4-6-27-14-18-31(19-15-27)33-22-24-34(25-23-33)32-20-16-30(17-21-32)13-12-29-10-8-28(9-11-29)7-5-26-35/h8-11,27,30-34H,2-7,12-26H2,1H3/t27-,30?,31-,32?,33-,34-. The second-order valence-electron chi connectivity index (χ2n) is 12.9. The lowest BCUT2D eigenvalue weighted by molar-refractivity contribution is 0.102. The molecule has 0 heterocycles. The Morgan fingerprint density at radius 3 is 1.43 bits per heavy atom. The Morgan fingerprint density at radius 2 is 0.971 bits per heavy atom. The van der Waals surface area contributed by atoms with E-state index in [1.165, 1.54) is 75.3 Å². The molecule has 3 fully saturated rings. The van der Waals surface area contributed by atoms with Gasteiger partial charge in [-0.2, -0.15) is 0 Å². The largest absolute Gasteiger partial charge is 0.251 e. The van der Waals surface area contributed by atoms with Crippen molar-refractivity contribution in [3.05, 3.63) is 35.4 Å². The smallest absolute Gasteiger partial charge is 0.0897 e. The number of hydrogen-bond donors (Lipinski definition) is 0. The van der Waals surface area contributed by atoms with Crippen LogP contribution >= 0.6 is 0 Å². The van der Waals surface area contributed by atoms with E-state index < -0.39 is 0 Å². The van der Waals surface area contributed by atoms with E-state index in [4.69, 9.17) is 0 Å². The number of rotatable bonds is 12. The minimum Gasteiger partial charge on any atom is -0.251 e. The molecule has 0 N–H and O–H groups in total. The number of aryl methyl sites for hydroxylation is 2. The van der Waals surface area contributed by atoms with E-state index >= 15 is 0 Å². The van der Waals surface area contributed by atoms with Gasteiger partial charge in [-0.25, -0.2) is 0 Å². The molecule has 0 nitrogen and oxygen atoms in total. The molecule has 1 aromatic carbocycles. The van der Waals surface area contributed by atoms with Crippen molar-refractivity contribution < 1.29 is 4.39 Å². The van der Waals surface area contributed by atoms with Crippen LogP contribution in [0.4, 0.5) is 4.39 Å². The lowest BCUT2D eigenvalue weighted by Crippen LogP contribution is -2.29. The molecule has 35 heavy (non-hydrogen) atoms. The highest BCUT2D eigenvalue weighted by atomic mass is 19.1. The normalized spacial score (nSPS) is 31.9. The van der Waals surface area contributed by atoms with Gasteiger partial charge in [0.15, 0.2) is 0 Å². The second kappa shape index (κ2) is 14.8. The Kier molecular flexibility index (Phi) is 11.5. The SMILES string of the molecule is CCCCC[C@H]1CC[C@H]([C@H]2CC[C@H](C3CCC(CCc4ccc(CCCF)cc4)CC3)CC2)CC1. The fraction of sp³-hybridized carbons (Fsp3) is 0.824. The fourth-order valence-electron chi connectivity index (χ4n) is 8.18. The average molecular weight is 483 g/mol. The summed E-state index contributed by atoms with van der Waals surface area (Å²) < 4.78 is 12.4. The summed E-state index contributed by atoms with van der Waals surface area (Å²) >= 11 is 0. The van der Waals surface area contributed by atoms with Crippen LogP contribution < -0.4 is 0 Å². The molecule has 3 saturated carbocycles. The minimum absolute atomic E-state index is 0.202. The Bertz CT molecular complexity index is 669. The number of benzene rings is 1. The van der Waals surface area contributed by atoms with Crippen molar-refractivity contribution in [2.24, 2.45) is 35.5 Å². The summed E-state index contributed by atoms with van der Waals surface area (Å²) in [7, 11) is 0. The van der Waals surface area contributed by atoms with Crippen molar-refractivity contribution in [1.82, 2.24) is 0 Å². The second-order valence-corrected chi connectivity index (χ2v) is 12.9. The van der Waals surface area contributed by atoms with Gasteiger partial charge in [0, 0.05) is 0 Å². The molecule has 1 aromatic rings. The molecule has 0 radical (unpaired) electrons. The van der Waals surface area contributed by atoms with E-state index in [0.717, 1.165) is 41.9 Å². The van der Waals surface area contributed by atoms with E-state index in [2.05, 4.69) is 31.2 Å². The topological polar surface area (TPSA) is 0 Å². The molecule has 198 valence electrons. The van der Waals surface area contributed by atoms with Crippen LogP contribution in [0.2, 0.25) is 0 Å². The quantitative estimate of drug-likeness (QED) is 0.260. The number of alkyl halides is 1. The first-order valence-electron chi connectivity index (χ1n) is 15.9. The summed E-state index contributed by atoms with van der Waals surface area (Å²) in [6, 6.07) is 9.02. The first-order chi connectivity index (χ1) is 17.2. The molecule has 0 atom stereocenters. The lowest BCUT2D eigenvalue weighted by atomic mass is 9.64. The molecule has 3 aliphatic rings. The van der Waals surface area contributed by atoms with Crippen molar-refractivity contribution in [2.45, 2.75) is 135 Å². The molecule has 3 aliphatic carbocycles. The van der Waals surface area contributed by atoms with E-state index in [0.29, 0.717) is 6.42 Å². The van der Waals surface area contributed by atoms with Gasteiger partial charge in [-0.15, -0.1) is 0 Å². The first-order valence-corrected chi connectivity index (χ1v) is 15.9. The van der Waals surface area contributed by atoms with Crippen molar-refractivity contribution in [3.8, 4) is 0 Å². The highest BCUT2D eigenvalue weighted by Crippen LogP contribution is 2.46. The van der Waals surface area contributed by atoms with Crippen molar-refractivity contribution >= 4 is 0 Å². The van der Waals surface area contributed by atoms with E-state index in [-0.39, 0.29) is 6.67 Å². The van der Waals surface area contributed by atoms with Gasteiger partial charge >= 0.3 is 0 Å². The molecule has 0 saturated heterocycles. The van der Waals surface area contributed by atoms with Crippen LogP contribution in [0, 0.1) is 35.5 Å².